The van der Waals surface area contributed by atoms with Crippen LogP contribution in [0.2, 0.25) is 0 Å². The van der Waals surface area contributed by atoms with Crippen LogP contribution < -0.4 is 0 Å². The van der Waals surface area contributed by atoms with Crippen LogP contribution in [0.4, 0.5) is 0 Å². The molecule has 2 saturated heterocycles. The third-order valence-corrected chi connectivity index (χ3v) is 5.23. The molecule has 1 aromatic rings. The summed E-state index contributed by atoms with van der Waals surface area (Å²) in [6.07, 6.45) is 8.45. The number of hydrogen-bond donors (Lipinski definition) is 0. The van der Waals surface area contributed by atoms with E-state index >= 15 is 0 Å². The quantitative estimate of drug-likeness (QED) is 0.808. The van der Waals surface area contributed by atoms with Crippen molar-refractivity contribution in [2.75, 3.05) is 53.4 Å². The van der Waals surface area contributed by atoms with E-state index in [0.717, 1.165) is 13.1 Å². The van der Waals surface area contributed by atoms with Gasteiger partial charge in [0.05, 0.1) is 6.33 Å². The summed E-state index contributed by atoms with van der Waals surface area (Å²) in [5, 5.41) is 0. The van der Waals surface area contributed by atoms with Crippen LogP contribution >= 0.6 is 0 Å². The molecule has 0 radical (unpaired) electrons. The lowest BCUT2D eigenvalue weighted by Gasteiger charge is -2.52. The molecule has 0 N–H and O–H groups in total. The Labute approximate surface area is 122 Å². The van der Waals surface area contributed by atoms with Crippen LogP contribution in [-0.2, 0) is 6.54 Å². The molecule has 0 aliphatic carbocycles. The number of hydrogen-bond acceptors (Lipinski definition) is 4. The van der Waals surface area contributed by atoms with Crippen LogP contribution in [0.5, 0.6) is 0 Å². The predicted octanol–water partition coefficient (Wildman–Crippen LogP) is 0.595. The third-order valence-electron chi connectivity index (χ3n) is 5.23. The Hall–Kier alpha value is -0.910. The molecule has 0 saturated carbocycles. The highest BCUT2D eigenvalue weighted by molar-refractivity contribution is 4.99. The van der Waals surface area contributed by atoms with Gasteiger partial charge in [0.1, 0.15) is 0 Å². The summed E-state index contributed by atoms with van der Waals surface area (Å²) in [5.41, 5.74) is 0.416. The normalized spacial score (nSPS) is 25.3. The molecule has 5 nitrogen and oxygen atoms in total. The highest BCUT2D eigenvalue weighted by Gasteiger charge is 2.41. The first-order chi connectivity index (χ1) is 9.68. The monoisotopic (exact) mass is 277 g/mol. The maximum Gasteiger partial charge on any atom is 0.0946 e. The van der Waals surface area contributed by atoms with Gasteiger partial charge in [0.15, 0.2) is 0 Å². The van der Waals surface area contributed by atoms with Gasteiger partial charge >= 0.3 is 0 Å². The summed E-state index contributed by atoms with van der Waals surface area (Å²) in [4.78, 5) is 11.8. The molecular weight excluding hydrogens is 250 g/mol. The van der Waals surface area contributed by atoms with Crippen molar-refractivity contribution in [3.8, 4) is 0 Å². The van der Waals surface area contributed by atoms with Gasteiger partial charge in [0.25, 0.3) is 0 Å². The minimum atomic E-state index is 0.416. The molecule has 2 aliphatic rings. The maximum atomic E-state index is 4.12. The number of imidazole rings is 1. The van der Waals surface area contributed by atoms with Crippen molar-refractivity contribution >= 4 is 0 Å². The minimum Gasteiger partial charge on any atom is -0.336 e. The van der Waals surface area contributed by atoms with Crippen LogP contribution in [0.1, 0.15) is 12.8 Å². The van der Waals surface area contributed by atoms with E-state index in [-0.39, 0.29) is 0 Å². The molecular formula is C15H27N5. The Bertz CT molecular complexity index is 408. The van der Waals surface area contributed by atoms with Crippen molar-refractivity contribution < 1.29 is 0 Å². The zero-order valence-electron chi connectivity index (χ0n) is 12.8. The SMILES string of the molecule is CN1CCC2(CC1)CN(CCn1ccnc1)CCN2C. The molecule has 2 aliphatic heterocycles. The van der Waals surface area contributed by atoms with Gasteiger partial charge < -0.3 is 9.47 Å². The van der Waals surface area contributed by atoms with Gasteiger partial charge in [-0.05, 0) is 40.0 Å². The molecule has 1 aromatic heterocycles. The largest absolute Gasteiger partial charge is 0.336 e. The standard InChI is InChI=1S/C15H27N5/c1-17-6-3-15(4-7-17)13-19(10-9-18(15)2)11-12-20-8-5-16-14-20/h5,8,14H,3-4,6-7,9-13H2,1-2H3. The fourth-order valence-electron chi connectivity index (χ4n) is 3.59. The Morgan fingerprint density at radius 2 is 1.85 bits per heavy atom. The van der Waals surface area contributed by atoms with Crippen LogP contribution in [0.3, 0.4) is 0 Å². The van der Waals surface area contributed by atoms with Gasteiger partial charge in [-0.2, -0.15) is 0 Å². The van der Waals surface area contributed by atoms with Crippen molar-refractivity contribution in [1.82, 2.24) is 24.3 Å². The molecule has 0 amide bonds. The smallest absolute Gasteiger partial charge is 0.0946 e. The Morgan fingerprint density at radius 3 is 2.55 bits per heavy atom. The predicted molar refractivity (Wildman–Crippen MR) is 80.8 cm³/mol. The first kappa shape index (κ1) is 14.0. The number of nitrogens with zero attached hydrogens (tertiary/aromatic N) is 5. The molecule has 20 heavy (non-hydrogen) atoms. The average molecular weight is 277 g/mol. The number of likely N-dealkylation sites (N-methyl/N-ethyl adjacent to an activating group) is 1. The Morgan fingerprint density at radius 1 is 1.05 bits per heavy atom. The number of piperazine rings is 1. The van der Waals surface area contributed by atoms with Gasteiger partial charge in [-0.25, -0.2) is 4.98 Å². The number of likely N-dealkylation sites (tertiary alicyclic amines) is 1. The lowest BCUT2D eigenvalue weighted by atomic mass is 9.84. The first-order valence-corrected chi connectivity index (χ1v) is 7.76. The zero-order valence-corrected chi connectivity index (χ0v) is 12.8. The van der Waals surface area contributed by atoms with Crippen LogP contribution in [-0.4, -0.2) is 83.2 Å². The van der Waals surface area contributed by atoms with Crippen molar-refractivity contribution in [2.45, 2.75) is 24.9 Å². The highest BCUT2D eigenvalue weighted by Crippen LogP contribution is 2.31. The lowest BCUT2D eigenvalue weighted by Crippen LogP contribution is -2.64. The topological polar surface area (TPSA) is 27.5 Å². The van der Waals surface area contributed by atoms with Gasteiger partial charge in [-0.3, -0.25) is 9.80 Å². The maximum absolute atomic E-state index is 4.12. The second-order valence-corrected chi connectivity index (χ2v) is 6.53. The molecule has 3 heterocycles. The van der Waals surface area contributed by atoms with Gasteiger partial charge in [-0.15, -0.1) is 0 Å². The summed E-state index contributed by atoms with van der Waals surface area (Å²) in [7, 11) is 4.56. The van der Waals surface area contributed by atoms with E-state index in [9.17, 15) is 0 Å². The van der Waals surface area contributed by atoms with E-state index < -0.39 is 0 Å². The van der Waals surface area contributed by atoms with E-state index in [1.165, 1.54) is 45.6 Å². The van der Waals surface area contributed by atoms with Crippen molar-refractivity contribution in [2.24, 2.45) is 0 Å². The molecule has 0 atom stereocenters. The first-order valence-electron chi connectivity index (χ1n) is 7.76. The second kappa shape index (κ2) is 5.84. The van der Waals surface area contributed by atoms with E-state index in [2.05, 4.69) is 44.5 Å². The summed E-state index contributed by atoms with van der Waals surface area (Å²) in [6.45, 7) is 8.29. The minimum absolute atomic E-state index is 0.416. The van der Waals surface area contributed by atoms with E-state index in [1.807, 2.05) is 12.5 Å². The average Bonchev–Trinajstić information content (AvgIpc) is 2.97. The van der Waals surface area contributed by atoms with Gasteiger partial charge in [0.2, 0.25) is 0 Å². The fourth-order valence-corrected chi connectivity index (χ4v) is 3.59. The molecule has 1 spiro atoms. The summed E-state index contributed by atoms with van der Waals surface area (Å²) < 4.78 is 2.18. The van der Waals surface area contributed by atoms with Crippen molar-refractivity contribution in [3.05, 3.63) is 18.7 Å². The lowest BCUT2D eigenvalue weighted by molar-refractivity contribution is -0.0238. The Kier molecular flexibility index (Phi) is 4.10. The number of aromatic nitrogens is 2. The molecule has 5 heteroatoms. The number of rotatable bonds is 3. The van der Waals surface area contributed by atoms with E-state index in [4.69, 9.17) is 0 Å². The van der Waals surface area contributed by atoms with Crippen LogP contribution in [0.25, 0.3) is 0 Å². The number of piperidine rings is 1. The zero-order chi connectivity index (χ0) is 14.0. The van der Waals surface area contributed by atoms with Crippen LogP contribution in [0, 0.1) is 0 Å². The van der Waals surface area contributed by atoms with Crippen molar-refractivity contribution in [3.63, 3.8) is 0 Å². The fraction of sp³-hybridized carbons (Fsp3) is 0.800. The molecule has 0 aromatic carbocycles. The summed E-state index contributed by atoms with van der Waals surface area (Å²) in [5.74, 6) is 0. The third kappa shape index (κ3) is 2.90. The molecule has 2 fully saturated rings. The van der Waals surface area contributed by atoms with Gasteiger partial charge in [0, 0.05) is 50.7 Å². The molecule has 112 valence electrons. The van der Waals surface area contributed by atoms with E-state index in [0.29, 0.717) is 5.54 Å². The summed E-state index contributed by atoms with van der Waals surface area (Å²) in [6, 6.07) is 0. The highest BCUT2D eigenvalue weighted by atomic mass is 15.3. The van der Waals surface area contributed by atoms with E-state index in [1.54, 1.807) is 0 Å². The summed E-state index contributed by atoms with van der Waals surface area (Å²) >= 11 is 0. The molecule has 0 bridgehead atoms. The second-order valence-electron chi connectivity index (χ2n) is 6.53. The molecule has 3 rings (SSSR count). The van der Waals surface area contributed by atoms with Gasteiger partial charge in [-0.1, -0.05) is 0 Å². The Balaban J connectivity index is 1.58. The van der Waals surface area contributed by atoms with Crippen LogP contribution in [0.15, 0.2) is 18.7 Å². The molecule has 0 unspecified atom stereocenters. The van der Waals surface area contributed by atoms with Crippen molar-refractivity contribution in [1.29, 1.82) is 0 Å².